The predicted octanol–water partition coefficient (Wildman–Crippen LogP) is 5.41. The number of rotatable bonds is 6. The predicted molar refractivity (Wildman–Crippen MR) is 86.7 cm³/mol. The molecule has 0 spiro atoms. The normalized spacial score (nSPS) is 25.4. The van der Waals surface area contributed by atoms with Crippen LogP contribution in [0.5, 0.6) is 0 Å². The lowest BCUT2D eigenvalue weighted by atomic mass is 9.77. The average molecular weight is 345 g/mol. The van der Waals surface area contributed by atoms with Gasteiger partial charge >= 0.3 is 0 Å². The highest BCUT2D eigenvalue weighted by Gasteiger charge is 2.26. The van der Waals surface area contributed by atoms with Gasteiger partial charge < -0.3 is 5.11 Å². The smallest absolute Gasteiger partial charge is 0.0701 e. The quantitative estimate of drug-likeness (QED) is 0.731. The summed E-state index contributed by atoms with van der Waals surface area (Å²) in [6.07, 6.45) is 9.89. The Morgan fingerprint density at radius 2 is 2.05 bits per heavy atom. The van der Waals surface area contributed by atoms with Crippen molar-refractivity contribution in [3.05, 3.63) is 20.8 Å². The summed E-state index contributed by atoms with van der Waals surface area (Å²) in [5.74, 6) is 1.46. The van der Waals surface area contributed by atoms with Crippen molar-refractivity contribution in [1.82, 2.24) is 0 Å². The van der Waals surface area contributed by atoms with E-state index in [0.717, 1.165) is 16.1 Å². The molecule has 1 aliphatic carbocycles. The van der Waals surface area contributed by atoms with Crippen LogP contribution in [0.25, 0.3) is 0 Å². The van der Waals surface area contributed by atoms with Crippen LogP contribution in [0.1, 0.15) is 56.7 Å². The molecule has 2 rings (SSSR count). The summed E-state index contributed by atoms with van der Waals surface area (Å²) in [4.78, 5) is 1.30. The first-order valence-corrected chi connectivity index (χ1v) is 9.22. The van der Waals surface area contributed by atoms with Crippen LogP contribution in [0.4, 0.5) is 0 Å². The Labute approximate surface area is 129 Å². The van der Waals surface area contributed by atoms with Crippen LogP contribution < -0.4 is 0 Å². The highest BCUT2D eigenvalue weighted by atomic mass is 79.9. The van der Waals surface area contributed by atoms with Crippen LogP contribution >= 0.6 is 27.3 Å². The fourth-order valence-electron chi connectivity index (χ4n) is 3.19. The number of halogens is 1. The van der Waals surface area contributed by atoms with Crippen LogP contribution in [0.15, 0.2) is 15.9 Å². The van der Waals surface area contributed by atoms with Crippen molar-refractivity contribution < 1.29 is 5.11 Å². The lowest BCUT2D eigenvalue weighted by Gasteiger charge is -2.31. The van der Waals surface area contributed by atoms with Crippen LogP contribution in [-0.2, 0) is 6.42 Å². The first-order valence-electron chi connectivity index (χ1n) is 7.61. The zero-order valence-corrected chi connectivity index (χ0v) is 14.2. The minimum atomic E-state index is -0.141. The van der Waals surface area contributed by atoms with Crippen molar-refractivity contribution in [3.8, 4) is 0 Å². The van der Waals surface area contributed by atoms with Crippen LogP contribution in [0, 0.1) is 11.8 Å². The lowest BCUT2D eigenvalue weighted by Crippen LogP contribution is -2.27. The van der Waals surface area contributed by atoms with Gasteiger partial charge in [-0.2, -0.15) is 0 Å². The Kier molecular flexibility index (Phi) is 6.37. The average Bonchev–Trinajstić information content (AvgIpc) is 2.82. The van der Waals surface area contributed by atoms with E-state index in [-0.39, 0.29) is 6.10 Å². The van der Waals surface area contributed by atoms with E-state index in [4.69, 9.17) is 0 Å². The summed E-state index contributed by atoms with van der Waals surface area (Å²) in [6, 6.07) is 4.21. The molecule has 1 nitrogen and oxygen atoms in total. The molecule has 0 aromatic carbocycles. The second-order valence-corrected chi connectivity index (χ2v) is 8.45. The molecule has 0 bridgehead atoms. The van der Waals surface area contributed by atoms with E-state index < -0.39 is 0 Å². The van der Waals surface area contributed by atoms with Gasteiger partial charge in [0.15, 0.2) is 0 Å². The molecule has 3 heteroatoms. The standard InChI is InChI=1S/C16H25BrOS/c1-2-3-4-12-5-7-13(8-6-12)15(18)11-14-9-10-16(17)19-14/h9-10,12-13,15,18H,2-8,11H2,1H3. The van der Waals surface area contributed by atoms with Gasteiger partial charge in [-0.25, -0.2) is 0 Å². The molecule has 108 valence electrons. The number of unbranched alkanes of at least 4 members (excludes halogenated alkanes) is 1. The molecule has 1 saturated carbocycles. The summed E-state index contributed by atoms with van der Waals surface area (Å²) in [5, 5.41) is 10.4. The third-order valence-corrected chi connectivity index (χ3v) is 6.09. The maximum absolute atomic E-state index is 10.4. The fourth-order valence-corrected chi connectivity index (χ4v) is 4.72. The lowest BCUT2D eigenvalue weighted by molar-refractivity contribution is 0.0732. The first-order chi connectivity index (χ1) is 9.19. The van der Waals surface area contributed by atoms with Gasteiger partial charge in [-0.1, -0.05) is 39.0 Å². The molecule has 0 radical (unpaired) electrons. The van der Waals surface area contributed by atoms with Gasteiger partial charge in [0.05, 0.1) is 9.89 Å². The number of hydrogen-bond acceptors (Lipinski definition) is 2. The summed E-state index contributed by atoms with van der Waals surface area (Å²) < 4.78 is 1.16. The third-order valence-electron chi connectivity index (χ3n) is 4.44. The number of hydrogen-bond donors (Lipinski definition) is 1. The van der Waals surface area contributed by atoms with Crippen LogP contribution in [0.3, 0.4) is 0 Å². The minimum absolute atomic E-state index is 0.141. The molecule has 1 aliphatic rings. The maximum atomic E-state index is 10.4. The van der Waals surface area contributed by atoms with E-state index in [1.165, 1.54) is 49.8 Å². The van der Waals surface area contributed by atoms with Crippen molar-refractivity contribution in [1.29, 1.82) is 0 Å². The van der Waals surface area contributed by atoms with Gasteiger partial charge in [0, 0.05) is 11.3 Å². The largest absolute Gasteiger partial charge is 0.392 e. The summed E-state index contributed by atoms with van der Waals surface area (Å²) in [7, 11) is 0. The van der Waals surface area contributed by atoms with Gasteiger partial charge in [-0.05, 0) is 52.7 Å². The van der Waals surface area contributed by atoms with E-state index >= 15 is 0 Å². The molecule has 1 aromatic rings. The van der Waals surface area contributed by atoms with Gasteiger partial charge in [-0.3, -0.25) is 0 Å². The monoisotopic (exact) mass is 344 g/mol. The van der Waals surface area contributed by atoms with Crippen LogP contribution in [0.2, 0.25) is 0 Å². The summed E-state index contributed by atoms with van der Waals surface area (Å²) in [6.45, 7) is 2.27. The maximum Gasteiger partial charge on any atom is 0.0701 e. The molecule has 1 atom stereocenters. The van der Waals surface area contributed by atoms with Crippen molar-refractivity contribution in [3.63, 3.8) is 0 Å². The van der Waals surface area contributed by atoms with Crippen molar-refractivity contribution in [2.45, 2.75) is 64.4 Å². The summed E-state index contributed by atoms with van der Waals surface area (Å²) >= 11 is 5.24. The minimum Gasteiger partial charge on any atom is -0.392 e. The molecule has 1 heterocycles. The number of aliphatic hydroxyl groups excluding tert-OH is 1. The molecule has 0 aliphatic heterocycles. The van der Waals surface area contributed by atoms with Crippen molar-refractivity contribution in [2.24, 2.45) is 11.8 Å². The summed E-state index contributed by atoms with van der Waals surface area (Å²) in [5.41, 5.74) is 0. The first kappa shape index (κ1) is 15.5. The molecular weight excluding hydrogens is 320 g/mol. The molecule has 19 heavy (non-hydrogen) atoms. The van der Waals surface area contributed by atoms with E-state index in [0.29, 0.717) is 5.92 Å². The topological polar surface area (TPSA) is 20.2 Å². The molecule has 0 saturated heterocycles. The van der Waals surface area contributed by atoms with Gasteiger partial charge in [-0.15, -0.1) is 11.3 Å². The highest BCUT2D eigenvalue weighted by Crippen LogP contribution is 2.35. The van der Waals surface area contributed by atoms with Gasteiger partial charge in [0.2, 0.25) is 0 Å². The van der Waals surface area contributed by atoms with Crippen LogP contribution in [-0.4, -0.2) is 11.2 Å². The second kappa shape index (κ2) is 7.80. The Morgan fingerprint density at radius 1 is 1.32 bits per heavy atom. The zero-order valence-electron chi connectivity index (χ0n) is 11.8. The van der Waals surface area contributed by atoms with E-state index in [1.54, 1.807) is 11.3 Å². The molecule has 1 aromatic heterocycles. The Bertz CT molecular complexity index is 369. The molecule has 1 unspecified atom stereocenters. The van der Waals surface area contributed by atoms with E-state index in [2.05, 4.69) is 35.0 Å². The zero-order chi connectivity index (χ0) is 13.7. The Balaban J connectivity index is 1.74. The number of thiophene rings is 1. The van der Waals surface area contributed by atoms with Gasteiger partial charge in [0.25, 0.3) is 0 Å². The molecule has 0 amide bonds. The number of aliphatic hydroxyl groups is 1. The Hall–Kier alpha value is 0.140. The van der Waals surface area contributed by atoms with Gasteiger partial charge in [0.1, 0.15) is 0 Å². The van der Waals surface area contributed by atoms with E-state index in [1.807, 2.05) is 0 Å². The van der Waals surface area contributed by atoms with E-state index in [9.17, 15) is 5.11 Å². The van der Waals surface area contributed by atoms with Crippen molar-refractivity contribution in [2.75, 3.05) is 0 Å². The molecule has 1 fully saturated rings. The third kappa shape index (κ3) is 4.87. The second-order valence-electron chi connectivity index (χ2n) is 5.90. The fraction of sp³-hybridized carbons (Fsp3) is 0.750. The highest BCUT2D eigenvalue weighted by molar-refractivity contribution is 9.11. The molecular formula is C16H25BrOS. The van der Waals surface area contributed by atoms with Crippen molar-refractivity contribution >= 4 is 27.3 Å². The SMILES string of the molecule is CCCCC1CCC(C(O)Cc2ccc(Br)s2)CC1. The Morgan fingerprint density at radius 3 is 2.63 bits per heavy atom. The molecule has 1 N–H and O–H groups in total.